The fourth-order valence-corrected chi connectivity index (χ4v) is 2.11. The lowest BCUT2D eigenvalue weighted by Gasteiger charge is -2.20. The topological polar surface area (TPSA) is 32.3 Å². The predicted octanol–water partition coefficient (Wildman–Crippen LogP) is 3.43. The molecule has 0 saturated heterocycles. The normalized spacial score (nSPS) is 10.7. The summed E-state index contributed by atoms with van der Waals surface area (Å²) in [5.41, 5.74) is 0.678. The number of carbonyl (C=O) groups excluding carboxylic acids is 1. The number of amides is 1. The van der Waals surface area contributed by atoms with Crippen molar-refractivity contribution in [3.63, 3.8) is 0 Å². The second kappa shape index (κ2) is 7.66. The van der Waals surface area contributed by atoms with Crippen LogP contribution < -0.4 is 5.32 Å². The van der Waals surface area contributed by atoms with E-state index >= 15 is 0 Å². The number of anilines is 1. The van der Waals surface area contributed by atoms with Crippen molar-refractivity contribution in [2.45, 2.75) is 13.5 Å². The van der Waals surface area contributed by atoms with E-state index in [1.54, 1.807) is 17.0 Å². The van der Waals surface area contributed by atoms with E-state index in [2.05, 4.69) is 5.32 Å². The number of para-hydroxylation sites is 1. The Morgan fingerprint density at radius 2 is 1.68 bits per heavy atom. The van der Waals surface area contributed by atoms with Crippen molar-refractivity contribution >= 4 is 11.6 Å². The SMILES string of the molecule is CCN(CC(=O)Nc1ccccc1)Cc1c(F)cccc1F. The molecule has 1 amide bonds. The zero-order valence-electron chi connectivity index (χ0n) is 12.4. The number of carbonyl (C=O) groups is 1. The zero-order valence-corrected chi connectivity index (χ0v) is 12.4. The lowest BCUT2D eigenvalue weighted by atomic mass is 10.2. The van der Waals surface area contributed by atoms with Gasteiger partial charge in [0, 0.05) is 17.8 Å². The Morgan fingerprint density at radius 3 is 2.27 bits per heavy atom. The number of likely N-dealkylation sites (N-methyl/N-ethyl adjacent to an activating group) is 1. The quantitative estimate of drug-likeness (QED) is 0.887. The largest absolute Gasteiger partial charge is 0.325 e. The third-order valence-electron chi connectivity index (χ3n) is 3.32. The van der Waals surface area contributed by atoms with Crippen molar-refractivity contribution < 1.29 is 13.6 Å². The molecule has 0 aliphatic heterocycles. The summed E-state index contributed by atoms with van der Waals surface area (Å²) in [6.07, 6.45) is 0. The molecular weight excluding hydrogens is 286 g/mol. The maximum atomic E-state index is 13.7. The van der Waals surface area contributed by atoms with Crippen LogP contribution in [-0.4, -0.2) is 23.9 Å². The molecule has 5 heteroatoms. The van der Waals surface area contributed by atoms with E-state index in [1.165, 1.54) is 18.2 Å². The smallest absolute Gasteiger partial charge is 0.238 e. The van der Waals surface area contributed by atoms with Gasteiger partial charge in [0.05, 0.1) is 6.54 Å². The molecule has 0 spiro atoms. The van der Waals surface area contributed by atoms with Crippen molar-refractivity contribution in [1.29, 1.82) is 0 Å². The van der Waals surface area contributed by atoms with E-state index in [4.69, 9.17) is 0 Å². The Morgan fingerprint density at radius 1 is 1.05 bits per heavy atom. The van der Waals surface area contributed by atoms with Crippen molar-refractivity contribution in [1.82, 2.24) is 4.90 Å². The van der Waals surface area contributed by atoms with Gasteiger partial charge in [0.25, 0.3) is 0 Å². The monoisotopic (exact) mass is 304 g/mol. The first-order valence-electron chi connectivity index (χ1n) is 7.10. The number of rotatable bonds is 6. The molecule has 0 aliphatic carbocycles. The molecule has 0 atom stereocenters. The van der Waals surface area contributed by atoms with Crippen molar-refractivity contribution in [3.05, 3.63) is 65.7 Å². The Bertz CT molecular complexity index is 612. The van der Waals surface area contributed by atoms with Crippen molar-refractivity contribution in [2.75, 3.05) is 18.4 Å². The fourth-order valence-electron chi connectivity index (χ4n) is 2.11. The van der Waals surface area contributed by atoms with Gasteiger partial charge in [-0.25, -0.2) is 8.78 Å². The number of nitrogens with zero attached hydrogens (tertiary/aromatic N) is 1. The summed E-state index contributed by atoms with van der Waals surface area (Å²) in [7, 11) is 0. The molecule has 0 radical (unpaired) electrons. The van der Waals surface area contributed by atoms with Crippen LogP contribution in [-0.2, 0) is 11.3 Å². The van der Waals surface area contributed by atoms with Gasteiger partial charge in [0.1, 0.15) is 11.6 Å². The van der Waals surface area contributed by atoms with Gasteiger partial charge in [-0.3, -0.25) is 9.69 Å². The molecule has 0 saturated carbocycles. The number of nitrogens with one attached hydrogen (secondary N) is 1. The summed E-state index contributed by atoms with van der Waals surface area (Å²) in [5.74, 6) is -1.41. The van der Waals surface area contributed by atoms with Crippen molar-refractivity contribution in [3.8, 4) is 0 Å². The van der Waals surface area contributed by atoms with E-state index in [9.17, 15) is 13.6 Å². The molecule has 1 N–H and O–H groups in total. The number of halogens is 2. The van der Waals surface area contributed by atoms with E-state index in [0.29, 0.717) is 12.2 Å². The van der Waals surface area contributed by atoms with Gasteiger partial charge in [-0.2, -0.15) is 0 Å². The van der Waals surface area contributed by atoms with E-state index in [1.807, 2.05) is 25.1 Å². The Balaban J connectivity index is 1.99. The van der Waals surface area contributed by atoms with Gasteiger partial charge in [0.2, 0.25) is 5.91 Å². The summed E-state index contributed by atoms with van der Waals surface area (Å²) in [4.78, 5) is 13.7. The lowest BCUT2D eigenvalue weighted by molar-refractivity contribution is -0.117. The highest BCUT2D eigenvalue weighted by Crippen LogP contribution is 2.14. The first kappa shape index (κ1) is 16.1. The predicted molar refractivity (Wildman–Crippen MR) is 82.4 cm³/mol. The van der Waals surface area contributed by atoms with Crippen molar-refractivity contribution in [2.24, 2.45) is 0 Å². The number of hydrogen-bond acceptors (Lipinski definition) is 2. The summed E-state index contributed by atoms with van der Waals surface area (Å²) in [5, 5.41) is 2.75. The molecule has 2 aromatic carbocycles. The van der Waals surface area contributed by atoms with E-state index < -0.39 is 11.6 Å². The molecule has 22 heavy (non-hydrogen) atoms. The highest BCUT2D eigenvalue weighted by molar-refractivity contribution is 5.92. The molecule has 0 heterocycles. The van der Waals surface area contributed by atoms with Gasteiger partial charge in [-0.05, 0) is 30.8 Å². The first-order chi connectivity index (χ1) is 10.6. The Kier molecular flexibility index (Phi) is 5.61. The minimum Gasteiger partial charge on any atom is -0.325 e. The van der Waals surface area contributed by atoms with Gasteiger partial charge < -0.3 is 5.32 Å². The summed E-state index contributed by atoms with van der Waals surface area (Å²) >= 11 is 0. The minimum atomic E-state index is -0.595. The van der Waals surface area contributed by atoms with Crippen LogP contribution in [0.3, 0.4) is 0 Å². The Labute approximate surface area is 128 Å². The highest BCUT2D eigenvalue weighted by Gasteiger charge is 2.15. The standard InChI is InChI=1S/C17H18F2N2O/c1-2-21(11-14-15(18)9-6-10-16(14)19)12-17(22)20-13-7-4-3-5-8-13/h3-10H,2,11-12H2,1H3,(H,20,22). The van der Waals surface area contributed by atoms with Crippen LogP contribution in [0, 0.1) is 11.6 Å². The molecule has 0 bridgehead atoms. The van der Waals surface area contributed by atoms with E-state index in [0.717, 1.165) is 0 Å². The summed E-state index contributed by atoms with van der Waals surface area (Å²) in [6.45, 7) is 2.47. The van der Waals surface area contributed by atoms with Crippen LogP contribution in [0.2, 0.25) is 0 Å². The Hall–Kier alpha value is -2.27. The van der Waals surface area contributed by atoms with Gasteiger partial charge in [0.15, 0.2) is 0 Å². The third-order valence-corrected chi connectivity index (χ3v) is 3.32. The average Bonchev–Trinajstić information content (AvgIpc) is 2.51. The molecule has 116 valence electrons. The molecule has 2 aromatic rings. The third kappa shape index (κ3) is 4.36. The van der Waals surface area contributed by atoms with Crippen LogP contribution in [0.4, 0.5) is 14.5 Å². The summed E-state index contributed by atoms with van der Waals surface area (Å²) in [6, 6.07) is 12.8. The van der Waals surface area contributed by atoms with Crippen LogP contribution in [0.5, 0.6) is 0 Å². The maximum Gasteiger partial charge on any atom is 0.238 e. The van der Waals surface area contributed by atoms with Crippen LogP contribution in [0.15, 0.2) is 48.5 Å². The van der Waals surface area contributed by atoms with Gasteiger partial charge >= 0.3 is 0 Å². The molecular formula is C17H18F2N2O. The molecule has 0 aromatic heterocycles. The second-order valence-corrected chi connectivity index (χ2v) is 4.92. The zero-order chi connectivity index (χ0) is 15.9. The minimum absolute atomic E-state index is 0.0168. The van der Waals surface area contributed by atoms with Crippen LogP contribution in [0.25, 0.3) is 0 Å². The second-order valence-electron chi connectivity index (χ2n) is 4.92. The first-order valence-corrected chi connectivity index (χ1v) is 7.10. The molecule has 0 fully saturated rings. The van der Waals surface area contributed by atoms with Gasteiger partial charge in [-0.1, -0.05) is 31.2 Å². The van der Waals surface area contributed by atoms with Crippen LogP contribution >= 0.6 is 0 Å². The molecule has 0 unspecified atom stereocenters. The molecule has 3 nitrogen and oxygen atoms in total. The summed E-state index contributed by atoms with van der Waals surface area (Å²) < 4.78 is 27.3. The van der Waals surface area contributed by atoms with Crippen LogP contribution in [0.1, 0.15) is 12.5 Å². The number of benzene rings is 2. The number of hydrogen-bond donors (Lipinski definition) is 1. The lowest BCUT2D eigenvalue weighted by Crippen LogP contribution is -2.33. The average molecular weight is 304 g/mol. The fraction of sp³-hybridized carbons (Fsp3) is 0.235. The molecule has 2 rings (SSSR count). The molecule has 0 aliphatic rings. The van der Waals surface area contributed by atoms with Gasteiger partial charge in [-0.15, -0.1) is 0 Å². The maximum absolute atomic E-state index is 13.7. The van der Waals surface area contributed by atoms with E-state index in [-0.39, 0.29) is 24.6 Å². The highest BCUT2D eigenvalue weighted by atomic mass is 19.1.